The molecule has 1 aliphatic rings. The van der Waals surface area contributed by atoms with E-state index < -0.39 is 12.2 Å². The fraction of sp³-hybridized carbons (Fsp3) is 0.192. The van der Waals surface area contributed by atoms with Gasteiger partial charge in [0.1, 0.15) is 17.6 Å². The summed E-state index contributed by atoms with van der Waals surface area (Å²) in [5.41, 5.74) is 1.13. The van der Waals surface area contributed by atoms with Crippen molar-refractivity contribution in [1.82, 2.24) is 15.6 Å². The Labute approximate surface area is 200 Å². The molecule has 178 valence electrons. The minimum absolute atomic E-state index is 0.202. The molecule has 1 atom stereocenters. The maximum Gasteiger partial charge on any atom is 0.407 e. The fourth-order valence-electron chi connectivity index (χ4n) is 4.04. The molecule has 3 aromatic carbocycles. The van der Waals surface area contributed by atoms with Gasteiger partial charge in [0.15, 0.2) is 11.5 Å². The molecule has 0 spiro atoms. The van der Waals surface area contributed by atoms with Crippen LogP contribution in [-0.4, -0.2) is 50.4 Å². The standard InChI is InChI=1S/C26H23N3O6/c1-32-23-11-20-21(12-24(23)33-2)27-8-7-22(20)34-16-9-15-5-3-4-6-18(15)19(10-16)25(30)28-13-17-14-29-26(31)35-17/h3-12,17H,13-14H2,1-2H3,(H,28,30)(H,29,31). The number of amides is 2. The van der Waals surface area contributed by atoms with E-state index in [1.807, 2.05) is 36.4 Å². The van der Waals surface area contributed by atoms with Crippen molar-refractivity contribution in [2.24, 2.45) is 0 Å². The quantitative estimate of drug-likeness (QED) is 0.417. The van der Waals surface area contributed by atoms with Crippen LogP contribution >= 0.6 is 0 Å². The third-order valence-electron chi connectivity index (χ3n) is 5.75. The van der Waals surface area contributed by atoms with Crippen molar-refractivity contribution in [2.75, 3.05) is 27.3 Å². The molecule has 2 amide bonds. The molecule has 9 nitrogen and oxygen atoms in total. The Kier molecular flexibility index (Phi) is 5.97. The lowest BCUT2D eigenvalue weighted by Gasteiger charge is -2.15. The summed E-state index contributed by atoms with van der Waals surface area (Å²) in [7, 11) is 3.14. The zero-order valence-electron chi connectivity index (χ0n) is 19.2. The van der Waals surface area contributed by atoms with Crippen molar-refractivity contribution < 1.29 is 28.5 Å². The third-order valence-corrected chi connectivity index (χ3v) is 5.75. The molecule has 2 heterocycles. The molecule has 1 aromatic heterocycles. The van der Waals surface area contributed by atoms with Gasteiger partial charge in [-0.15, -0.1) is 0 Å². The number of fused-ring (bicyclic) bond motifs is 2. The van der Waals surface area contributed by atoms with Gasteiger partial charge in [0, 0.05) is 17.6 Å². The number of pyridine rings is 1. The number of carbonyl (C=O) groups excluding carboxylic acids is 2. The topological polar surface area (TPSA) is 108 Å². The van der Waals surface area contributed by atoms with Gasteiger partial charge >= 0.3 is 6.09 Å². The van der Waals surface area contributed by atoms with Gasteiger partial charge in [-0.1, -0.05) is 24.3 Å². The zero-order valence-corrected chi connectivity index (χ0v) is 19.2. The summed E-state index contributed by atoms with van der Waals surface area (Å²) in [6.45, 7) is 0.556. The van der Waals surface area contributed by atoms with E-state index in [1.54, 1.807) is 38.6 Å². The number of rotatable bonds is 7. The van der Waals surface area contributed by atoms with E-state index >= 15 is 0 Å². The fourth-order valence-corrected chi connectivity index (χ4v) is 4.04. The maximum absolute atomic E-state index is 13.1. The minimum Gasteiger partial charge on any atom is -0.493 e. The summed E-state index contributed by atoms with van der Waals surface area (Å²) in [6.07, 6.45) is 0.756. The number of benzene rings is 3. The van der Waals surface area contributed by atoms with Crippen molar-refractivity contribution >= 4 is 33.7 Å². The molecule has 0 saturated carbocycles. The second-order valence-corrected chi connectivity index (χ2v) is 7.95. The van der Waals surface area contributed by atoms with E-state index in [0.717, 1.165) is 16.2 Å². The average molecular weight is 473 g/mol. The Bertz CT molecular complexity index is 1440. The summed E-state index contributed by atoms with van der Waals surface area (Å²) in [5.74, 6) is 1.88. The molecule has 9 heteroatoms. The molecule has 35 heavy (non-hydrogen) atoms. The third kappa shape index (κ3) is 4.48. The second-order valence-electron chi connectivity index (χ2n) is 7.95. The van der Waals surface area contributed by atoms with Crippen LogP contribution in [0.25, 0.3) is 21.7 Å². The first-order valence-electron chi connectivity index (χ1n) is 11.0. The van der Waals surface area contributed by atoms with Gasteiger partial charge in [-0.25, -0.2) is 4.79 Å². The molecule has 1 unspecified atom stereocenters. The zero-order chi connectivity index (χ0) is 24.4. The van der Waals surface area contributed by atoms with Crippen LogP contribution in [0, 0.1) is 0 Å². The van der Waals surface area contributed by atoms with Crippen LogP contribution in [0.15, 0.2) is 60.8 Å². The molecule has 5 rings (SSSR count). The van der Waals surface area contributed by atoms with Gasteiger partial charge in [-0.05, 0) is 35.0 Å². The summed E-state index contributed by atoms with van der Waals surface area (Å²) in [6, 6.07) is 16.5. The predicted octanol–water partition coefficient (Wildman–Crippen LogP) is 4.04. The largest absolute Gasteiger partial charge is 0.493 e. The number of hydrogen-bond donors (Lipinski definition) is 2. The molecule has 4 aromatic rings. The van der Waals surface area contributed by atoms with E-state index in [2.05, 4.69) is 15.6 Å². The first kappa shape index (κ1) is 22.3. The molecular weight excluding hydrogens is 450 g/mol. The first-order chi connectivity index (χ1) is 17.1. The van der Waals surface area contributed by atoms with Gasteiger partial charge in [0.25, 0.3) is 5.91 Å². The number of methoxy groups -OCH3 is 2. The van der Waals surface area contributed by atoms with Crippen LogP contribution in [0.5, 0.6) is 23.0 Å². The first-order valence-corrected chi connectivity index (χ1v) is 11.0. The second kappa shape index (κ2) is 9.38. The molecule has 0 radical (unpaired) electrons. The van der Waals surface area contributed by atoms with Crippen LogP contribution in [0.1, 0.15) is 10.4 Å². The van der Waals surface area contributed by atoms with Gasteiger partial charge in [0.05, 0.1) is 38.4 Å². The van der Waals surface area contributed by atoms with Crippen molar-refractivity contribution in [3.63, 3.8) is 0 Å². The molecule has 1 aliphatic heterocycles. The molecule has 0 aliphatic carbocycles. The Morgan fingerprint density at radius 2 is 1.86 bits per heavy atom. The van der Waals surface area contributed by atoms with Crippen LogP contribution in [0.2, 0.25) is 0 Å². The average Bonchev–Trinajstić information content (AvgIpc) is 3.31. The highest BCUT2D eigenvalue weighted by Gasteiger charge is 2.23. The van der Waals surface area contributed by atoms with E-state index in [-0.39, 0.29) is 12.5 Å². The van der Waals surface area contributed by atoms with E-state index in [0.29, 0.717) is 40.6 Å². The lowest BCUT2D eigenvalue weighted by molar-refractivity contribution is 0.0917. The molecule has 0 bridgehead atoms. The number of hydrogen-bond acceptors (Lipinski definition) is 7. The Balaban J connectivity index is 1.49. The lowest BCUT2D eigenvalue weighted by atomic mass is 10.0. The van der Waals surface area contributed by atoms with Crippen molar-refractivity contribution in [2.45, 2.75) is 6.10 Å². The van der Waals surface area contributed by atoms with Gasteiger partial charge in [-0.2, -0.15) is 0 Å². The maximum atomic E-state index is 13.1. The Morgan fingerprint density at radius 1 is 1.06 bits per heavy atom. The summed E-state index contributed by atoms with van der Waals surface area (Å²) >= 11 is 0. The highest BCUT2D eigenvalue weighted by molar-refractivity contribution is 6.07. The molecule has 1 fully saturated rings. The van der Waals surface area contributed by atoms with E-state index in [4.69, 9.17) is 18.9 Å². The van der Waals surface area contributed by atoms with E-state index in [1.165, 1.54) is 0 Å². The predicted molar refractivity (Wildman–Crippen MR) is 129 cm³/mol. The monoisotopic (exact) mass is 473 g/mol. The number of carbonyl (C=O) groups is 2. The number of cyclic esters (lactones) is 1. The SMILES string of the molecule is COc1cc2nccc(Oc3cc(C(=O)NCC4CNC(=O)O4)c4ccccc4c3)c2cc1OC. The highest BCUT2D eigenvalue weighted by Crippen LogP contribution is 2.37. The van der Waals surface area contributed by atoms with Crippen LogP contribution < -0.4 is 24.8 Å². The van der Waals surface area contributed by atoms with Crippen LogP contribution in [-0.2, 0) is 4.74 Å². The Hall–Kier alpha value is -4.53. The van der Waals surface area contributed by atoms with Crippen LogP contribution in [0.4, 0.5) is 4.79 Å². The normalized spacial score (nSPS) is 14.9. The van der Waals surface area contributed by atoms with Crippen LogP contribution in [0.3, 0.4) is 0 Å². The van der Waals surface area contributed by atoms with E-state index in [9.17, 15) is 9.59 Å². The highest BCUT2D eigenvalue weighted by atomic mass is 16.6. The minimum atomic E-state index is -0.482. The van der Waals surface area contributed by atoms with Gasteiger partial charge in [0.2, 0.25) is 0 Å². The number of alkyl carbamates (subject to hydrolysis) is 1. The molecular formula is C26H23N3O6. The van der Waals surface area contributed by atoms with Crippen molar-refractivity contribution in [3.05, 3.63) is 66.4 Å². The number of ether oxygens (including phenoxy) is 4. The lowest BCUT2D eigenvalue weighted by Crippen LogP contribution is -2.34. The van der Waals surface area contributed by atoms with Gasteiger partial charge in [-0.3, -0.25) is 9.78 Å². The number of nitrogens with zero attached hydrogens (tertiary/aromatic N) is 1. The Morgan fingerprint density at radius 3 is 2.63 bits per heavy atom. The number of aromatic nitrogens is 1. The summed E-state index contributed by atoms with van der Waals surface area (Å²) in [5, 5.41) is 7.79. The van der Waals surface area contributed by atoms with Crippen molar-refractivity contribution in [3.8, 4) is 23.0 Å². The number of nitrogens with one attached hydrogen (secondary N) is 2. The van der Waals surface area contributed by atoms with Gasteiger partial charge < -0.3 is 29.6 Å². The van der Waals surface area contributed by atoms with Crippen molar-refractivity contribution in [1.29, 1.82) is 0 Å². The molecule has 2 N–H and O–H groups in total. The summed E-state index contributed by atoms with van der Waals surface area (Å²) < 4.78 is 22.2. The summed E-state index contributed by atoms with van der Waals surface area (Å²) in [4.78, 5) is 28.8. The smallest absolute Gasteiger partial charge is 0.407 e. The molecule has 1 saturated heterocycles.